The molecule has 2 aliphatic carbocycles. The first kappa shape index (κ1) is 16.7. The number of nitrogens with one attached hydrogen (secondary N) is 1. The summed E-state index contributed by atoms with van der Waals surface area (Å²) in [6.07, 6.45) is 12.3. The highest BCUT2D eigenvalue weighted by atomic mass is 16.4. The Kier molecular flexibility index (Phi) is 5.57. The van der Waals surface area contributed by atoms with E-state index in [0.717, 1.165) is 38.5 Å². The Bertz CT molecular complexity index is 432. The first-order valence-electron chi connectivity index (χ1n) is 9.43. The predicted octanol–water partition coefficient (Wildman–Crippen LogP) is 2.54. The van der Waals surface area contributed by atoms with Crippen molar-refractivity contribution in [1.82, 2.24) is 10.2 Å². The number of likely N-dealkylation sites (tertiary alicyclic amines) is 1. The molecule has 5 nitrogen and oxygen atoms in total. The van der Waals surface area contributed by atoms with Crippen LogP contribution in [0.2, 0.25) is 0 Å². The largest absolute Gasteiger partial charge is 0.480 e. The number of carboxylic acid groups (broad SMARTS) is 1. The highest BCUT2D eigenvalue weighted by Gasteiger charge is 2.45. The van der Waals surface area contributed by atoms with Gasteiger partial charge in [-0.15, -0.1) is 0 Å². The molecule has 0 aromatic carbocycles. The van der Waals surface area contributed by atoms with Crippen molar-refractivity contribution < 1.29 is 14.7 Å². The molecule has 23 heavy (non-hydrogen) atoms. The van der Waals surface area contributed by atoms with E-state index in [1.165, 1.54) is 32.1 Å². The molecule has 2 N–H and O–H groups in total. The van der Waals surface area contributed by atoms with Gasteiger partial charge in [0.25, 0.3) is 0 Å². The second-order valence-corrected chi connectivity index (χ2v) is 7.63. The molecular formula is C18H30N2O3. The van der Waals surface area contributed by atoms with Crippen molar-refractivity contribution in [2.45, 2.75) is 88.8 Å². The minimum atomic E-state index is -0.762. The Balaban J connectivity index is 1.59. The molecule has 0 radical (unpaired) electrons. The molecular weight excluding hydrogens is 292 g/mol. The van der Waals surface area contributed by atoms with E-state index in [2.05, 4.69) is 5.32 Å². The first-order chi connectivity index (χ1) is 11.1. The molecule has 3 atom stereocenters. The van der Waals surface area contributed by atoms with Gasteiger partial charge in [0.05, 0.1) is 6.54 Å². The maximum absolute atomic E-state index is 12.5. The van der Waals surface area contributed by atoms with Crippen LogP contribution in [0.25, 0.3) is 0 Å². The van der Waals surface area contributed by atoms with Crippen molar-refractivity contribution in [2.75, 3.05) is 6.54 Å². The molecule has 1 heterocycles. The summed E-state index contributed by atoms with van der Waals surface area (Å²) < 4.78 is 0. The number of carboxylic acids is 1. The average molecular weight is 322 g/mol. The van der Waals surface area contributed by atoms with E-state index in [0.29, 0.717) is 12.0 Å². The number of amides is 1. The van der Waals surface area contributed by atoms with Crippen LogP contribution in [0.15, 0.2) is 0 Å². The van der Waals surface area contributed by atoms with Gasteiger partial charge in [0, 0.05) is 12.1 Å². The van der Waals surface area contributed by atoms with Crippen LogP contribution in [0.5, 0.6) is 0 Å². The van der Waals surface area contributed by atoms with Crippen LogP contribution >= 0.6 is 0 Å². The van der Waals surface area contributed by atoms with E-state index in [-0.39, 0.29) is 18.5 Å². The molecule has 3 aliphatic rings. The van der Waals surface area contributed by atoms with Crippen LogP contribution in [0, 0.1) is 5.92 Å². The summed E-state index contributed by atoms with van der Waals surface area (Å²) in [4.78, 5) is 26.1. The smallest absolute Gasteiger partial charge is 0.320 e. The zero-order valence-electron chi connectivity index (χ0n) is 14.0. The molecule has 5 heteroatoms. The summed E-state index contributed by atoms with van der Waals surface area (Å²) in [7, 11) is 0. The van der Waals surface area contributed by atoms with E-state index in [4.69, 9.17) is 0 Å². The summed E-state index contributed by atoms with van der Waals surface area (Å²) in [6.45, 7) is 0.259. The number of fused-ring (bicyclic) bond motifs is 1. The highest BCUT2D eigenvalue weighted by molar-refractivity contribution is 5.80. The monoisotopic (exact) mass is 322 g/mol. The van der Waals surface area contributed by atoms with Gasteiger partial charge in [0.2, 0.25) is 5.91 Å². The third-order valence-corrected chi connectivity index (χ3v) is 6.05. The predicted molar refractivity (Wildman–Crippen MR) is 88.1 cm³/mol. The maximum Gasteiger partial charge on any atom is 0.320 e. The number of rotatable bonds is 4. The molecule has 0 aromatic heterocycles. The van der Waals surface area contributed by atoms with Gasteiger partial charge in [-0.25, -0.2) is 0 Å². The summed E-state index contributed by atoms with van der Waals surface area (Å²) in [6, 6.07) is 0.116. The Labute approximate surface area is 138 Å². The average Bonchev–Trinajstić information content (AvgIpc) is 2.70. The number of hydrogen-bond acceptors (Lipinski definition) is 3. The quantitative estimate of drug-likeness (QED) is 0.781. The lowest BCUT2D eigenvalue weighted by molar-refractivity contribution is -0.143. The number of carbonyl (C=O) groups excluding carboxylic acids is 1. The Morgan fingerprint density at radius 1 is 0.957 bits per heavy atom. The zero-order chi connectivity index (χ0) is 16.2. The lowest BCUT2D eigenvalue weighted by Crippen LogP contribution is -2.49. The third-order valence-electron chi connectivity index (χ3n) is 6.05. The van der Waals surface area contributed by atoms with E-state index in [1.54, 1.807) is 0 Å². The Morgan fingerprint density at radius 3 is 2.30 bits per heavy atom. The number of hydrogen-bond donors (Lipinski definition) is 2. The van der Waals surface area contributed by atoms with Gasteiger partial charge in [0.1, 0.15) is 6.04 Å². The van der Waals surface area contributed by atoms with E-state index >= 15 is 0 Å². The zero-order valence-corrected chi connectivity index (χ0v) is 14.0. The SMILES string of the molecule is O=C(CN1[C@H](C(=O)O)C[C@@H]2CCCC[C@@H]21)NC1CCCCCC1. The van der Waals surface area contributed by atoms with E-state index in [9.17, 15) is 14.7 Å². The van der Waals surface area contributed by atoms with Crippen molar-refractivity contribution in [1.29, 1.82) is 0 Å². The molecule has 0 aromatic rings. The maximum atomic E-state index is 12.5. The van der Waals surface area contributed by atoms with Crippen LogP contribution in [0.4, 0.5) is 0 Å². The highest BCUT2D eigenvalue weighted by Crippen LogP contribution is 2.39. The molecule has 0 unspecified atom stereocenters. The molecule has 130 valence electrons. The lowest BCUT2D eigenvalue weighted by atomic mass is 9.85. The number of carbonyl (C=O) groups is 2. The topological polar surface area (TPSA) is 69.6 Å². The van der Waals surface area contributed by atoms with Crippen LogP contribution in [-0.4, -0.2) is 46.6 Å². The van der Waals surface area contributed by atoms with Gasteiger partial charge in [-0.3, -0.25) is 14.5 Å². The van der Waals surface area contributed by atoms with Gasteiger partial charge in [-0.05, 0) is 38.0 Å². The van der Waals surface area contributed by atoms with Gasteiger partial charge < -0.3 is 10.4 Å². The molecule has 0 bridgehead atoms. The number of aliphatic carboxylic acids is 1. The standard InChI is InChI=1S/C18H30N2O3/c21-17(19-14-8-3-1-2-4-9-14)12-20-15-10-6-5-7-13(15)11-16(20)18(22)23/h13-16H,1-12H2,(H,19,21)(H,22,23)/t13-,15-,16-/m0/s1. The van der Waals surface area contributed by atoms with Gasteiger partial charge in [-0.2, -0.15) is 0 Å². The fourth-order valence-electron chi connectivity index (χ4n) is 4.89. The van der Waals surface area contributed by atoms with Crippen LogP contribution in [-0.2, 0) is 9.59 Å². The Hall–Kier alpha value is -1.10. The second kappa shape index (κ2) is 7.65. The van der Waals surface area contributed by atoms with Gasteiger partial charge >= 0.3 is 5.97 Å². The third kappa shape index (κ3) is 4.06. The van der Waals surface area contributed by atoms with Crippen LogP contribution < -0.4 is 5.32 Å². The summed E-state index contributed by atoms with van der Waals surface area (Å²) in [5.74, 6) is -0.272. The molecule has 2 saturated carbocycles. The minimum absolute atomic E-state index is 0.0226. The fourth-order valence-corrected chi connectivity index (χ4v) is 4.89. The van der Waals surface area contributed by atoms with Crippen LogP contribution in [0.3, 0.4) is 0 Å². The lowest BCUT2D eigenvalue weighted by Gasteiger charge is -2.32. The fraction of sp³-hybridized carbons (Fsp3) is 0.889. The normalized spacial score (nSPS) is 33.0. The van der Waals surface area contributed by atoms with Crippen molar-refractivity contribution in [3.63, 3.8) is 0 Å². The van der Waals surface area contributed by atoms with Crippen molar-refractivity contribution in [3.8, 4) is 0 Å². The van der Waals surface area contributed by atoms with Crippen molar-refractivity contribution in [3.05, 3.63) is 0 Å². The second-order valence-electron chi connectivity index (χ2n) is 7.63. The first-order valence-corrected chi connectivity index (χ1v) is 9.43. The molecule has 3 fully saturated rings. The van der Waals surface area contributed by atoms with Crippen LogP contribution in [0.1, 0.15) is 70.6 Å². The molecule has 1 aliphatic heterocycles. The van der Waals surface area contributed by atoms with Gasteiger partial charge in [-0.1, -0.05) is 38.5 Å². The molecule has 1 saturated heterocycles. The molecule has 3 rings (SSSR count). The van der Waals surface area contributed by atoms with E-state index in [1.807, 2.05) is 4.90 Å². The number of nitrogens with zero attached hydrogens (tertiary/aromatic N) is 1. The molecule has 0 spiro atoms. The summed E-state index contributed by atoms with van der Waals surface area (Å²) in [5, 5.41) is 12.7. The van der Waals surface area contributed by atoms with Crippen molar-refractivity contribution >= 4 is 11.9 Å². The summed E-state index contributed by atoms with van der Waals surface area (Å²) in [5.41, 5.74) is 0. The van der Waals surface area contributed by atoms with Crippen molar-refractivity contribution in [2.24, 2.45) is 5.92 Å². The minimum Gasteiger partial charge on any atom is -0.480 e. The van der Waals surface area contributed by atoms with E-state index < -0.39 is 12.0 Å². The Morgan fingerprint density at radius 2 is 1.61 bits per heavy atom. The van der Waals surface area contributed by atoms with Gasteiger partial charge in [0.15, 0.2) is 0 Å². The molecule has 1 amide bonds. The summed E-state index contributed by atoms with van der Waals surface area (Å²) >= 11 is 0.